The van der Waals surface area contributed by atoms with Crippen LogP contribution in [0.15, 0.2) is 24.3 Å². The minimum Gasteiger partial charge on any atom is -0.484 e. The fourth-order valence-corrected chi connectivity index (χ4v) is 3.34. The lowest BCUT2D eigenvalue weighted by molar-refractivity contribution is 0.0416. The zero-order valence-electron chi connectivity index (χ0n) is 14.2. The maximum Gasteiger partial charge on any atom is 0.317 e. The molecule has 0 aliphatic carbocycles. The summed E-state index contributed by atoms with van der Waals surface area (Å²) in [6.07, 6.45) is 2.20. The highest BCUT2D eigenvalue weighted by molar-refractivity contribution is 5.75. The minimum atomic E-state index is -0.363. The molecule has 5 nitrogen and oxygen atoms in total. The predicted molar refractivity (Wildman–Crippen MR) is 90.6 cm³/mol. The van der Waals surface area contributed by atoms with Gasteiger partial charge >= 0.3 is 6.03 Å². The number of nitrogens with zero attached hydrogens (tertiary/aromatic N) is 2. The predicted octanol–water partition coefficient (Wildman–Crippen LogP) is 2.33. The van der Waals surface area contributed by atoms with Crippen molar-refractivity contribution in [2.45, 2.75) is 25.9 Å². The van der Waals surface area contributed by atoms with Crippen LogP contribution in [0.5, 0.6) is 5.75 Å². The topological polar surface area (TPSA) is 44.8 Å². The largest absolute Gasteiger partial charge is 0.484 e. The maximum atomic E-state index is 13.5. The van der Waals surface area contributed by atoms with Gasteiger partial charge in [-0.05, 0) is 44.0 Å². The molecule has 2 aliphatic rings. The Kier molecular flexibility index (Phi) is 5.56. The summed E-state index contributed by atoms with van der Waals surface area (Å²) in [5.41, 5.74) is 0. The van der Waals surface area contributed by atoms with Gasteiger partial charge in [-0.1, -0.05) is 19.1 Å². The number of ether oxygens (including phenoxy) is 1. The van der Waals surface area contributed by atoms with Gasteiger partial charge in [0.05, 0.1) is 13.1 Å². The number of carbonyl (C=O) groups is 1. The molecule has 6 heteroatoms. The van der Waals surface area contributed by atoms with Crippen LogP contribution in [0.4, 0.5) is 9.18 Å². The highest BCUT2D eigenvalue weighted by Crippen LogP contribution is 2.21. The molecule has 0 aromatic heterocycles. The lowest BCUT2D eigenvalue weighted by atomic mass is 10.1. The van der Waals surface area contributed by atoms with E-state index in [1.165, 1.54) is 12.5 Å². The number of hydrogen-bond acceptors (Lipinski definition) is 3. The molecule has 24 heavy (non-hydrogen) atoms. The summed E-state index contributed by atoms with van der Waals surface area (Å²) in [4.78, 5) is 16.3. The van der Waals surface area contributed by atoms with Crippen LogP contribution in [-0.4, -0.2) is 61.2 Å². The third-order valence-electron chi connectivity index (χ3n) is 4.72. The molecule has 2 aliphatic heterocycles. The smallest absolute Gasteiger partial charge is 0.317 e. The molecule has 3 rings (SSSR count). The van der Waals surface area contributed by atoms with E-state index in [1.807, 2.05) is 0 Å². The first kappa shape index (κ1) is 17.0. The van der Waals surface area contributed by atoms with Crippen LogP contribution in [0, 0.1) is 11.7 Å². The lowest BCUT2D eigenvalue weighted by Crippen LogP contribution is -2.59. The number of para-hydroxylation sites is 1. The minimum absolute atomic E-state index is 0.0441. The monoisotopic (exact) mass is 335 g/mol. The van der Waals surface area contributed by atoms with Crippen molar-refractivity contribution in [3.8, 4) is 5.75 Å². The van der Waals surface area contributed by atoms with Crippen molar-refractivity contribution in [3.05, 3.63) is 30.1 Å². The molecule has 2 heterocycles. The van der Waals surface area contributed by atoms with Crippen LogP contribution in [0.2, 0.25) is 0 Å². The van der Waals surface area contributed by atoms with E-state index in [1.54, 1.807) is 23.1 Å². The van der Waals surface area contributed by atoms with Gasteiger partial charge in [0.2, 0.25) is 0 Å². The molecular formula is C18H26FN3O2. The molecule has 0 spiro atoms. The Morgan fingerprint density at radius 2 is 2.12 bits per heavy atom. The van der Waals surface area contributed by atoms with Crippen molar-refractivity contribution in [2.24, 2.45) is 5.92 Å². The molecule has 2 fully saturated rings. The summed E-state index contributed by atoms with van der Waals surface area (Å²) in [7, 11) is 0. The molecular weight excluding hydrogens is 309 g/mol. The van der Waals surface area contributed by atoms with Crippen LogP contribution in [0.1, 0.15) is 19.8 Å². The summed E-state index contributed by atoms with van der Waals surface area (Å²) in [5.74, 6) is 0.440. The van der Waals surface area contributed by atoms with Gasteiger partial charge in [0.1, 0.15) is 6.10 Å². The van der Waals surface area contributed by atoms with E-state index in [2.05, 4.69) is 17.1 Å². The first-order chi connectivity index (χ1) is 11.7. The van der Waals surface area contributed by atoms with E-state index in [9.17, 15) is 9.18 Å². The van der Waals surface area contributed by atoms with Crippen molar-refractivity contribution in [3.63, 3.8) is 0 Å². The zero-order valence-corrected chi connectivity index (χ0v) is 14.2. The molecule has 2 saturated heterocycles. The van der Waals surface area contributed by atoms with Crippen molar-refractivity contribution in [1.82, 2.24) is 15.1 Å². The van der Waals surface area contributed by atoms with Crippen molar-refractivity contribution >= 4 is 6.03 Å². The van der Waals surface area contributed by atoms with E-state index in [4.69, 9.17) is 4.74 Å². The lowest BCUT2D eigenvalue weighted by Gasteiger charge is -2.39. The van der Waals surface area contributed by atoms with Crippen LogP contribution >= 0.6 is 0 Å². The fraction of sp³-hybridized carbons (Fsp3) is 0.611. The van der Waals surface area contributed by atoms with Gasteiger partial charge in [0.15, 0.2) is 11.6 Å². The summed E-state index contributed by atoms with van der Waals surface area (Å²) in [6, 6.07) is 6.32. The second-order valence-corrected chi connectivity index (χ2v) is 6.72. The second kappa shape index (κ2) is 7.83. The number of likely N-dealkylation sites (tertiary alicyclic amines) is 2. The van der Waals surface area contributed by atoms with Gasteiger partial charge in [0, 0.05) is 13.1 Å². The molecule has 0 bridgehead atoms. The maximum absolute atomic E-state index is 13.5. The number of amides is 2. The molecule has 1 N–H and O–H groups in total. The number of rotatable bonds is 6. The molecule has 0 unspecified atom stereocenters. The van der Waals surface area contributed by atoms with Crippen molar-refractivity contribution in [1.29, 1.82) is 0 Å². The van der Waals surface area contributed by atoms with Gasteiger partial charge in [0.25, 0.3) is 0 Å². The zero-order chi connectivity index (χ0) is 16.9. The highest BCUT2D eigenvalue weighted by atomic mass is 19.1. The number of urea groups is 1. The van der Waals surface area contributed by atoms with Crippen LogP contribution < -0.4 is 10.1 Å². The Morgan fingerprint density at radius 3 is 2.88 bits per heavy atom. The van der Waals surface area contributed by atoms with E-state index < -0.39 is 0 Å². The number of hydrogen-bond donors (Lipinski definition) is 1. The quantitative estimate of drug-likeness (QED) is 0.868. The third-order valence-corrected chi connectivity index (χ3v) is 4.72. The molecule has 2 amide bonds. The van der Waals surface area contributed by atoms with E-state index in [-0.39, 0.29) is 23.7 Å². The second-order valence-electron chi connectivity index (χ2n) is 6.72. The van der Waals surface area contributed by atoms with Crippen LogP contribution in [0.25, 0.3) is 0 Å². The van der Waals surface area contributed by atoms with Gasteiger partial charge < -0.3 is 19.9 Å². The summed E-state index contributed by atoms with van der Waals surface area (Å²) in [5, 5.41) is 3.02. The van der Waals surface area contributed by atoms with Gasteiger partial charge in [-0.15, -0.1) is 0 Å². The van der Waals surface area contributed by atoms with Crippen LogP contribution in [-0.2, 0) is 0 Å². The SMILES string of the molecule is CCCN1CC[C@H](CNC(=O)N2CC(Oc3ccccc3F)C2)C1. The fourth-order valence-electron chi connectivity index (χ4n) is 3.34. The Hall–Kier alpha value is -1.82. The standard InChI is InChI=1S/C18H26FN3O2/c1-2-8-21-9-7-14(11-21)10-20-18(23)22-12-15(13-22)24-17-6-4-3-5-16(17)19/h3-6,14-15H,2,7-13H2,1H3,(H,20,23)/t14-/m1/s1. The Morgan fingerprint density at radius 1 is 1.33 bits per heavy atom. The Bertz CT molecular complexity index is 563. The molecule has 0 saturated carbocycles. The normalized spacial score (nSPS) is 21.6. The molecule has 0 radical (unpaired) electrons. The van der Waals surface area contributed by atoms with Crippen molar-refractivity contribution < 1.29 is 13.9 Å². The van der Waals surface area contributed by atoms with E-state index >= 15 is 0 Å². The first-order valence-electron chi connectivity index (χ1n) is 8.82. The Labute approximate surface area is 142 Å². The molecule has 1 aromatic carbocycles. The van der Waals surface area contributed by atoms with E-state index in [0.717, 1.165) is 32.6 Å². The highest BCUT2D eigenvalue weighted by Gasteiger charge is 2.33. The average Bonchev–Trinajstić information content (AvgIpc) is 2.98. The molecule has 1 atom stereocenters. The molecule has 132 valence electrons. The number of nitrogens with one attached hydrogen (secondary N) is 1. The summed E-state index contributed by atoms with van der Waals surface area (Å²) >= 11 is 0. The number of halogens is 1. The number of benzene rings is 1. The summed E-state index contributed by atoms with van der Waals surface area (Å²) < 4.78 is 19.1. The van der Waals surface area contributed by atoms with Gasteiger partial charge in [-0.25, -0.2) is 9.18 Å². The summed E-state index contributed by atoms with van der Waals surface area (Å²) in [6.45, 7) is 7.29. The molecule has 1 aromatic rings. The number of carbonyl (C=O) groups excluding carboxylic acids is 1. The van der Waals surface area contributed by atoms with Crippen LogP contribution in [0.3, 0.4) is 0 Å². The average molecular weight is 335 g/mol. The first-order valence-corrected chi connectivity index (χ1v) is 8.82. The van der Waals surface area contributed by atoms with Gasteiger partial charge in [-0.3, -0.25) is 0 Å². The van der Waals surface area contributed by atoms with Gasteiger partial charge in [-0.2, -0.15) is 0 Å². The third kappa shape index (κ3) is 4.17. The van der Waals surface area contributed by atoms with E-state index in [0.29, 0.717) is 19.0 Å². The Balaban J connectivity index is 1.34. The van der Waals surface area contributed by atoms with Crippen molar-refractivity contribution in [2.75, 3.05) is 39.3 Å².